The molecule has 0 unspecified atom stereocenters. The van der Waals surface area contributed by atoms with Gasteiger partial charge in [0.15, 0.2) is 18.3 Å². The van der Waals surface area contributed by atoms with Crippen molar-refractivity contribution in [3.8, 4) is 0 Å². The Morgan fingerprint density at radius 1 is 0.442 bits per heavy atom. The van der Waals surface area contributed by atoms with Crippen molar-refractivity contribution in [2.75, 3.05) is 0 Å². The largest absolute Gasteiger partial charge is 0.453 e. The number of benzene rings is 4. The maximum Gasteiger partial charge on any atom is 0.338 e. The number of carbonyl (C=O) groups is 3. The van der Waals surface area contributed by atoms with Crippen LogP contribution in [0.2, 0.25) is 0 Å². The van der Waals surface area contributed by atoms with Crippen LogP contribution < -0.4 is 0 Å². The van der Waals surface area contributed by atoms with Gasteiger partial charge in [-0.05, 0) is 36.4 Å². The monoisotopic (exact) mass is 578 g/mol. The van der Waals surface area contributed by atoms with E-state index in [1.165, 1.54) is 0 Å². The van der Waals surface area contributed by atoms with Gasteiger partial charge in [-0.25, -0.2) is 14.4 Å². The number of ether oxygens (including phenoxy) is 6. The second kappa shape index (κ2) is 11.1. The summed E-state index contributed by atoms with van der Waals surface area (Å²) in [6, 6.07) is 34.3. The fraction of sp³-hybridized carbons (Fsp3) is 0.206. The van der Waals surface area contributed by atoms with Crippen molar-refractivity contribution in [2.24, 2.45) is 0 Å². The lowest BCUT2D eigenvalue weighted by molar-refractivity contribution is -0.546. The highest BCUT2D eigenvalue weighted by atomic mass is 16.9. The minimum absolute atomic E-state index is 0.306. The third-order valence-electron chi connectivity index (χ3n) is 7.70. The lowest BCUT2D eigenvalue weighted by atomic mass is 9.80. The van der Waals surface area contributed by atoms with Crippen LogP contribution in [-0.2, 0) is 34.4 Å². The first-order valence-corrected chi connectivity index (χ1v) is 13.9. The van der Waals surface area contributed by atoms with Crippen LogP contribution in [0.25, 0.3) is 0 Å². The molecule has 9 nitrogen and oxygen atoms in total. The fourth-order valence-electron chi connectivity index (χ4n) is 5.69. The first-order valence-electron chi connectivity index (χ1n) is 13.9. The molecule has 0 amide bonds. The van der Waals surface area contributed by atoms with E-state index in [0.717, 1.165) is 0 Å². The molecule has 216 valence electrons. The first kappa shape index (κ1) is 27.0. The standard InChI is InChI=1S/C34H26O9/c35-31(21-13-5-1-6-14-21)38-25-28-26(39-32(36)22-15-7-2-8-16-22)30-27(40-33(37)23-17-9-3-10-18-23)29(25)42-34(41-28,43-30)24-19-11-4-12-20-24/h1-20,25-30H. The van der Waals surface area contributed by atoms with Crippen LogP contribution in [0.5, 0.6) is 0 Å². The normalized spacial score (nSPS) is 28.6. The smallest absolute Gasteiger partial charge is 0.338 e. The predicted molar refractivity (Wildman–Crippen MR) is 150 cm³/mol. The lowest BCUT2D eigenvalue weighted by Crippen LogP contribution is -2.79. The Balaban J connectivity index is 1.28. The quantitative estimate of drug-likeness (QED) is 0.228. The Morgan fingerprint density at radius 3 is 1.02 bits per heavy atom. The zero-order valence-corrected chi connectivity index (χ0v) is 22.7. The van der Waals surface area contributed by atoms with Crippen LogP contribution in [0.1, 0.15) is 36.6 Å². The van der Waals surface area contributed by atoms with Crippen molar-refractivity contribution >= 4 is 17.9 Å². The van der Waals surface area contributed by atoms with Crippen molar-refractivity contribution < 1.29 is 42.8 Å². The summed E-state index contributed by atoms with van der Waals surface area (Å²) in [5.41, 5.74) is 1.46. The molecule has 1 aliphatic carbocycles. The van der Waals surface area contributed by atoms with Gasteiger partial charge in [0.25, 0.3) is 0 Å². The second-order valence-electron chi connectivity index (χ2n) is 10.4. The number of rotatable bonds is 7. The Hall–Kier alpha value is -4.83. The van der Waals surface area contributed by atoms with Gasteiger partial charge in [0.05, 0.1) is 16.7 Å². The molecular formula is C34H26O9. The molecule has 4 fully saturated rings. The number of esters is 3. The highest BCUT2D eigenvalue weighted by Crippen LogP contribution is 2.52. The molecule has 0 atom stereocenters. The van der Waals surface area contributed by atoms with Crippen LogP contribution >= 0.6 is 0 Å². The van der Waals surface area contributed by atoms with Gasteiger partial charge < -0.3 is 28.4 Å². The van der Waals surface area contributed by atoms with Crippen molar-refractivity contribution in [3.63, 3.8) is 0 Å². The summed E-state index contributed by atoms with van der Waals surface area (Å²) in [6.07, 6.45) is -6.38. The molecule has 0 spiro atoms. The maximum atomic E-state index is 13.3. The molecule has 43 heavy (non-hydrogen) atoms. The Kier molecular flexibility index (Phi) is 6.98. The summed E-state index contributed by atoms with van der Waals surface area (Å²) in [7, 11) is 0. The molecule has 0 aromatic heterocycles. The third-order valence-corrected chi connectivity index (χ3v) is 7.70. The average Bonchev–Trinajstić information content (AvgIpc) is 3.07. The third kappa shape index (κ3) is 4.97. The van der Waals surface area contributed by atoms with Gasteiger partial charge in [-0.15, -0.1) is 0 Å². The van der Waals surface area contributed by atoms with Crippen molar-refractivity contribution in [2.45, 2.75) is 42.6 Å². The molecule has 4 aliphatic rings. The van der Waals surface area contributed by atoms with E-state index in [0.29, 0.717) is 22.3 Å². The zero-order valence-electron chi connectivity index (χ0n) is 22.7. The molecular weight excluding hydrogens is 552 g/mol. The molecule has 1 saturated carbocycles. The van der Waals surface area contributed by atoms with Crippen LogP contribution in [0.4, 0.5) is 0 Å². The van der Waals surface area contributed by atoms with Crippen molar-refractivity contribution in [3.05, 3.63) is 144 Å². The van der Waals surface area contributed by atoms with Crippen LogP contribution in [0.3, 0.4) is 0 Å². The first-order chi connectivity index (χ1) is 21.0. The van der Waals surface area contributed by atoms with Gasteiger partial charge in [0.2, 0.25) is 0 Å². The summed E-state index contributed by atoms with van der Waals surface area (Å²) >= 11 is 0. The molecule has 0 N–H and O–H groups in total. The Morgan fingerprint density at radius 2 is 0.721 bits per heavy atom. The zero-order chi connectivity index (χ0) is 29.4. The van der Waals surface area contributed by atoms with E-state index in [9.17, 15) is 14.4 Å². The number of carbonyl (C=O) groups excluding carboxylic acids is 3. The summed E-state index contributed by atoms with van der Waals surface area (Å²) in [5.74, 6) is -3.62. The SMILES string of the molecule is O=C(OC1C2OC3(c4ccccc4)OC1C(OC(=O)c1ccccc1)C(O3)C2OC(=O)c1ccccc1)c1ccccc1. The van der Waals surface area contributed by atoms with E-state index in [1.54, 1.807) is 115 Å². The average molecular weight is 579 g/mol. The van der Waals surface area contributed by atoms with Crippen molar-refractivity contribution in [1.29, 1.82) is 0 Å². The summed E-state index contributed by atoms with van der Waals surface area (Å²) < 4.78 is 37.2. The topological polar surface area (TPSA) is 107 Å². The molecule has 3 aliphatic heterocycles. The molecule has 4 aromatic rings. The van der Waals surface area contributed by atoms with Gasteiger partial charge >= 0.3 is 23.9 Å². The minimum Gasteiger partial charge on any atom is -0.453 e. The second-order valence-corrected chi connectivity index (χ2v) is 10.4. The van der Waals surface area contributed by atoms with Gasteiger partial charge in [0.1, 0.15) is 18.3 Å². The highest BCUT2D eigenvalue weighted by molar-refractivity contribution is 5.91. The van der Waals surface area contributed by atoms with Gasteiger partial charge in [-0.3, -0.25) is 0 Å². The van der Waals surface area contributed by atoms with E-state index in [1.807, 2.05) is 6.07 Å². The summed E-state index contributed by atoms with van der Waals surface area (Å²) in [4.78, 5) is 39.9. The van der Waals surface area contributed by atoms with Gasteiger partial charge in [0, 0.05) is 5.56 Å². The molecule has 0 radical (unpaired) electrons. The van der Waals surface area contributed by atoms with Crippen molar-refractivity contribution in [1.82, 2.24) is 0 Å². The van der Waals surface area contributed by atoms with E-state index in [-0.39, 0.29) is 0 Å². The molecule has 9 heteroatoms. The molecule has 4 bridgehead atoms. The molecule has 8 rings (SSSR count). The van der Waals surface area contributed by atoms with Gasteiger partial charge in [-0.2, -0.15) is 0 Å². The van der Waals surface area contributed by atoms with E-state index >= 15 is 0 Å². The van der Waals surface area contributed by atoms with E-state index in [2.05, 4.69) is 0 Å². The number of hydrogen-bond acceptors (Lipinski definition) is 9. The van der Waals surface area contributed by atoms with E-state index in [4.69, 9.17) is 28.4 Å². The summed E-state index contributed by atoms with van der Waals surface area (Å²) in [5, 5.41) is 0. The van der Waals surface area contributed by atoms with E-state index < -0.39 is 60.5 Å². The minimum atomic E-state index is -1.71. The van der Waals surface area contributed by atoms with Gasteiger partial charge in [-0.1, -0.05) is 84.9 Å². The van der Waals surface area contributed by atoms with Crippen LogP contribution in [-0.4, -0.2) is 54.5 Å². The Labute approximate surface area is 246 Å². The Bertz CT molecular complexity index is 1440. The molecule has 3 heterocycles. The number of hydrogen-bond donors (Lipinski definition) is 0. The predicted octanol–water partition coefficient (Wildman–Crippen LogP) is 4.67. The summed E-state index contributed by atoms with van der Waals surface area (Å²) in [6.45, 7) is 0. The highest BCUT2D eigenvalue weighted by Gasteiger charge is 2.71. The van der Waals surface area contributed by atoms with Crippen LogP contribution in [0, 0.1) is 0 Å². The molecule has 3 saturated heterocycles. The van der Waals surface area contributed by atoms with Crippen LogP contribution in [0.15, 0.2) is 121 Å². The fourth-order valence-corrected chi connectivity index (χ4v) is 5.69. The lowest BCUT2D eigenvalue weighted by Gasteiger charge is -2.61. The molecule has 4 aromatic carbocycles. The maximum absolute atomic E-state index is 13.3.